The Hall–Kier alpha value is -2.10. The van der Waals surface area contributed by atoms with Crippen LogP contribution in [0.4, 0.5) is 5.69 Å². The van der Waals surface area contributed by atoms with E-state index in [0.29, 0.717) is 11.3 Å². The summed E-state index contributed by atoms with van der Waals surface area (Å²) in [6, 6.07) is 6.51. The van der Waals surface area contributed by atoms with Gasteiger partial charge in [0.25, 0.3) is 0 Å². The van der Waals surface area contributed by atoms with E-state index in [1.165, 1.54) is 13.1 Å². The van der Waals surface area contributed by atoms with Crippen molar-refractivity contribution in [2.75, 3.05) is 19.8 Å². The Labute approximate surface area is 101 Å². The minimum Gasteiger partial charge on any atom is -0.399 e. The van der Waals surface area contributed by atoms with Crippen molar-refractivity contribution >= 4 is 17.3 Å². The molecule has 1 aromatic rings. The first-order chi connectivity index (χ1) is 7.91. The maximum absolute atomic E-state index is 12.1. The molecular weight excluding hydrogens is 216 g/mol. The Morgan fingerprint density at radius 2 is 1.71 bits per heavy atom. The molecule has 0 amide bonds. The van der Waals surface area contributed by atoms with E-state index < -0.39 is 0 Å². The number of ketones is 2. The summed E-state index contributed by atoms with van der Waals surface area (Å²) < 4.78 is 0. The largest absolute Gasteiger partial charge is 0.399 e. The van der Waals surface area contributed by atoms with Crippen LogP contribution >= 0.6 is 0 Å². The van der Waals surface area contributed by atoms with Crippen LogP contribution in [0.2, 0.25) is 0 Å². The molecule has 0 bridgehead atoms. The SMILES string of the molecule is CC(=O)C(=CN(C)C)C(=O)c1ccc(N)cc1. The Bertz CT molecular complexity index is 459. The quantitative estimate of drug-likeness (QED) is 0.281. The van der Waals surface area contributed by atoms with Gasteiger partial charge in [-0.3, -0.25) is 9.59 Å². The van der Waals surface area contributed by atoms with Gasteiger partial charge in [0.05, 0.1) is 5.57 Å². The summed E-state index contributed by atoms with van der Waals surface area (Å²) in [5.41, 5.74) is 6.76. The Morgan fingerprint density at radius 1 is 1.18 bits per heavy atom. The van der Waals surface area contributed by atoms with Gasteiger partial charge < -0.3 is 10.6 Å². The van der Waals surface area contributed by atoms with E-state index in [0.717, 1.165) is 0 Å². The number of allylic oxidation sites excluding steroid dienone is 1. The lowest BCUT2D eigenvalue weighted by atomic mass is 10.0. The van der Waals surface area contributed by atoms with Crippen LogP contribution in [0.5, 0.6) is 0 Å². The third-order valence-electron chi connectivity index (χ3n) is 2.18. The second-order valence-electron chi connectivity index (χ2n) is 4.01. The molecule has 0 atom stereocenters. The monoisotopic (exact) mass is 232 g/mol. The summed E-state index contributed by atoms with van der Waals surface area (Å²) in [6.45, 7) is 1.38. The molecule has 0 aliphatic rings. The molecule has 0 aliphatic carbocycles. The standard InChI is InChI=1S/C13H16N2O2/c1-9(16)12(8-15(2)3)13(17)10-4-6-11(14)7-5-10/h4-8H,14H2,1-3H3. The molecule has 0 saturated heterocycles. The molecule has 2 N–H and O–H groups in total. The number of benzene rings is 1. The van der Waals surface area contributed by atoms with Gasteiger partial charge in [-0.1, -0.05) is 0 Å². The third-order valence-corrected chi connectivity index (χ3v) is 2.18. The van der Waals surface area contributed by atoms with Gasteiger partial charge in [-0.15, -0.1) is 0 Å². The third kappa shape index (κ3) is 3.45. The fourth-order valence-corrected chi connectivity index (χ4v) is 1.36. The van der Waals surface area contributed by atoms with E-state index in [9.17, 15) is 9.59 Å². The van der Waals surface area contributed by atoms with Crippen LogP contribution in [0.15, 0.2) is 36.0 Å². The second-order valence-corrected chi connectivity index (χ2v) is 4.01. The lowest BCUT2D eigenvalue weighted by Crippen LogP contribution is -2.15. The molecule has 0 unspecified atom stereocenters. The van der Waals surface area contributed by atoms with Gasteiger partial charge in [-0.25, -0.2) is 0 Å². The summed E-state index contributed by atoms with van der Waals surface area (Å²) in [5, 5.41) is 0. The first-order valence-corrected chi connectivity index (χ1v) is 5.21. The Morgan fingerprint density at radius 3 is 2.12 bits per heavy atom. The smallest absolute Gasteiger partial charge is 0.198 e. The van der Waals surface area contributed by atoms with E-state index in [1.54, 1.807) is 43.3 Å². The second kappa shape index (κ2) is 5.30. The highest BCUT2D eigenvalue weighted by atomic mass is 16.1. The van der Waals surface area contributed by atoms with Crippen molar-refractivity contribution < 1.29 is 9.59 Å². The highest BCUT2D eigenvalue weighted by Gasteiger charge is 2.16. The normalized spacial score (nSPS) is 11.1. The summed E-state index contributed by atoms with van der Waals surface area (Å²) >= 11 is 0. The van der Waals surface area contributed by atoms with E-state index in [4.69, 9.17) is 5.73 Å². The molecular formula is C13H16N2O2. The van der Waals surface area contributed by atoms with Gasteiger partial charge in [0.1, 0.15) is 0 Å². The molecule has 0 saturated carbocycles. The molecule has 0 fully saturated rings. The number of hydrogen-bond donors (Lipinski definition) is 1. The van der Waals surface area contributed by atoms with Crippen LogP contribution in [-0.2, 0) is 4.79 Å². The lowest BCUT2D eigenvalue weighted by molar-refractivity contribution is -0.113. The molecule has 90 valence electrons. The van der Waals surface area contributed by atoms with Gasteiger partial charge in [0, 0.05) is 31.5 Å². The van der Waals surface area contributed by atoms with E-state index >= 15 is 0 Å². The van der Waals surface area contributed by atoms with Crippen molar-refractivity contribution in [2.45, 2.75) is 6.92 Å². The zero-order valence-corrected chi connectivity index (χ0v) is 10.2. The number of carbonyl (C=O) groups excluding carboxylic acids is 2. The first kappa shape index (κ1) is 13.0. The number of nitrogens with two attached hydrogens (primary N) is 1. The Kier molecular flexibility index (Phi) is 4.04. The van der Waals surface area contributed by atoms with Crippen LogP contribution < -0.4 is 5.73 Å². The Balaban J connectivity index is 3.09. The minimum absolute atomic E-state index is 0.166. The van der Waals surface area contributed by atoms with Crippen molar-refractivity contribution in [3.63, 3.8) is 0 Å². The molecule has 17 heavy (non-hydrogen) atoms. The number of rotatable bonds is 4. The number of nitrogen functional groups attached to an aromatic ring is 1. The minimum atomic E-state index is -0.286. The fourth-order valence-electron chi connectivity index (χ4n) is 1.36. The van der Waals surface area contributed by atoms with Crippen molar-refractivity contribution in [3.8, 4) is 0 Å². The average molecular weight is 232 g/mol. The van der Waals surface area contributed by atoms with E-state index in [-0.39, 0.29) is 17.1 Å². The molecule has 1 rings (SSSR count). The molecule has 4 nitrogen and oxygen atoms in total. The van der Waals surface area contributed by atoms with Gasteiger partial charge in [-0.05, 0) is 31.2 Å². The molecule has 0 heterocycles. The van der Waals surface area contributed by atoms with Crippen molar-refractivity contribution in [2.24, 2.45) is 0 Å². The molecule has 0 aromatic heterocycles. The summed E-state index contributed by atoms with van der Waals surface area (Å²) in [4.78, 5) is 25.2. The molecule has 1 aromatic carbocycles. The van der Waals surface area contributed by atoms with Gasteiger partial charge in [0.2, 0.25) is 0 Å². The average Bonchev–Trinajstić information content (AvgIpc) is 2.25. The van der Waals surface area contributed by atoms with Crippen LogP contribution in [0, 0.1) is 0 Å². The van der Waals surface area contributed by atoms with Crippen molar-refractivity contribution in [1.29, 1.82) is 0 Å². The highest BCUT2D eigenvalue weighted by Crippen LogP contribution is 2.12. The number of anilines is 1. The summed E-state index contributed by atoms with van der Waals surface area (Å²) in [6.07, 6.45) is 1.53. The summed E-state index contributed by atoms with van der Waals surface area (Å²) in [5.74, 6) is -0.535. The maximum Gasteiger partial charge on any atom is 0.198 e. The van der Waals surface area contributed by atoms with Crippen molar-refractivity contribution in [1.82, 2.24) is 4.90 Å². The van der Waals surface area contributed by atoms with Gasteiger partial charge in [-0.2, -0.15) is 0 Å². The van der Waals surface area contributed by atoms with E-state index in [2.05, 4.69) is 0 Å². The number of carbonyl (C=O) groups is 2. The van der Waals surface area contributed by atoms with Crippen molar-refractivity contribution in [3.05, 3.63) is 41.6 Å². The van der Waals surface area contributed by atoms with Crippen LogP contribution in [0.3, 0.4) is 0 Å². The number of Topliss-reactive ketones (excluding diaryl/α,β-unsaturated/α-hetero) is 2. The molecule has 4 heteroatoms. The lowest BCUT2D eigenvalue weighted by Gasteiger charge is -2.09. The highest BCUT2D eigenvalue weighted by molar-refractivity contribution is 6.25. The number of nitrogens with zero attached hydrogens (tertiary/aromatic N) is 1. The molecule has 0 radical (unpaired) electrons. The van der Waals surface area contributed by atoms with Gasteiger partial charge in [0.15, 0.2) is 11.6 Å². The first-order valence-electron chi connectivity index (χ1n) is 5.21. The topological polar surface area (TPSA) is 63.4 Å². The van der Waals surface area contributed by atoms with Crippen LogP contribution in [0.1, 0.15) is 17.3 Å². The van der Waals surface area contributed by atoms with Gasteiger partial charge >= 0.3 is 0 Å². The molecule has 0 spiro atoms. The zero-order chi connectivity index (χ0) is 13.0. The van der Waals surface area contributed by atoms with E-state index in [1.807, 2.05) is 0 Å². The number of hydrogen-bond acceptors (Lipinski definition) is 4. The van der Waals surface area contributed by atoms with Crippen LogP contribution in [0.25, 0.3) is 0 Å². The summed E-state index contributed by atoms with van der Waals surface area (Å²) in [7, 11) is 3.53. The fraction of sp³-hybridized carbons (Fsp3) is 0.231. The molecule has 0 aliphatic heterocycles. The predicted molar refractivity (Wildman–Crippen MR) is 67.6 cm³/mol. The van der Waals surface area contributed by atoms with Crippen LogP contribution in [-0.4, -0.2) is 30.6 Å². The maximum atomic E-state index is 12.1. The zero-order valence-electron chi connectivity index (χ0n) is 10.2. The predicted octanol–water partition coefficient (Wildman–Crippen LogP) is 1.49.